The number of aromatic nitrogens is 1. The number of hydrogen-bond acceptors (Lipinski definition) is 4. The van der Waals surface area contributed by atoms with Crippen molar-refractivity contribution in [1.82, 2.24) is 4.98 Å². The maximum atomic E-state index is 12.8. The van der Waals surface area contributed by atoms with Gasteiger partial charge in [0.2, 0.25) is 0 Å². The molecule has 3 aromatic rings. The second-order valence-electron chi connectivity index (χ2n) is 4.77. The molecule has 0 bridgehead atoms. The summed E-state index contributed by atoms with van der Waals surface area (Å²) in [7, 11) is 3.06. The number of rotatable bonds is 3. The van der Waals surface area contributed by atoms with Crippen LogP contribution < -0.4 is 9.47 Å². The highest BCUT2D eigenvalue weighted by Crippen LogP contribution is 2.37. The lowest BCUT2D eigenvalue weighted by molar-refractivity contribution is -0.137. The van der Waals surface area contributed by atoms with Crippen LogP contribution in [0.4, 0.5) is 13.2 Å². The Bertz CT molecular complexity index is 858. The monoisotopic (exact) mass is 339 g/mol. The van der Waals surface area contributed by atoms with E-state index in [1.165, 1.54) is 31.6 Å². The molecule has 0 aliphatic rings. The number of nitrogens with zero attached hydrogens (tertiary/aromatic N) is 1. The number of methoxy groups -OCH3 is 2. The molecule has 0 N–H and O–H groups in total. The average molecular weight is 339 g/mol. The van der Waals surface area contributed by atoms with Gasteiger partial charge in [0.25, 0.3) is 0 Å². The van der Waals surface area contributed by atoms with Crippen LogP contribution in [0.1, 0.15) is 5.56 Å². The van der Waals surface area contributed by atoms with Crippen molar-refractivity contribution in [2.75, 3.05) is 14.2 Å². The molecule has 0 radical (unpaired) electrons. The summed E-state index contributed by atoms with van der Waals surface area (Å²) in [6.45, 7) is 0. The maximum Gasteiger partial charge on any atom is 0.416 e. The fourth-order valence-corrected chi connectivity index (χ4v) is 3.14. The number of ether oxygens (including phenoxy) is 2. The third-order valence-electron chi connectivity index (χ3n) is 3.35. The van der Waals surface area contributed by atoms with Crippen molar-refractivity contribution in [2.45, 2.75) is 6.18 Å². The van der Waals surface area contributed by atoms with Gasteiger partial charge in [0.1, 0.15) is 5.01 Å². The Kier molecular flexibility index (Phi) is 3.89. The van der Waals surface area contributed by atoms with E-state index in [0.717, 1.165) is 17.7 Å². The highest BCUT2D eigenvalue weighted by molar-refractivity contribution is 7.21. The molecular formula is C16H12F3NO2S. The van der Waals surface area contributed by atoms with Crippen molar-refractivity contribution in [3.63, 3.8) is 0 Å². The Labute approximate surface area is 134 Å². The van der Waals surface area contributed by atoms with E-state index in [2.05, 4.69) is 4.98 Å². The first-order chi connectivity index (χ1) is 10.9. The van der Waals surface area contributed by atoms with E-state index in [-0.39, 0.29) is 0 Å². The molecule has 0 unspecified atom stereocenters. The first kappa shape index (κ1) is 15.6. The zero-order valence-electron chi connectivity index (χ0n) is 12.3. The molecule has 3 rings (SSSR count). The molecule has 1 heterocycles. The van der Waals surface area contributed by atoms with Crippen LogP contribution in [0.25, 0.3) is 20.8 Å². The van der Waals surface area contributed by atoms with E-state index < -0.39 is 11.7 Å². The molecular weight excluding hydrogens is 327 g/mol. The Hall–Kier alpha value is -2.28. The molecule has 0 saturated heterocycles. The topological polar surface area (TPSA) is 31.4 Å². The smallest absolute Gasteiger partial charge is 0.416 e. The van der Waals surface area contributed by atoms with E-state index in [0.29, 0.717) is 26.7 Å². The number of hydrogen-bond donors (Lipinski definition) is 0. The fourth-order valence-electron chi connectivity index (χ4n) is 2.20. The summed E-state index contributed by atoms with van der Waals surface area (Å²) in [5, 5.41) is 0.625. The van der Waals surface area contributed by atoms with Gasteiger partial charge in [-0.15, -0.1) is 11.3 Å². The Morgan fingerprint density at radius 1 is 0.957 bits per heavy atom. The van der Waals surface area contributed by atoms with Crippen LogP contribution in [0.5, 0.6) is 11.5 Å². The molecule has 0 amide bonds. The maximum absolute atomic E-state index is 12.8. The van der Waals surface area contributed by atoms with Crippen LogP contribution in [0, 0.1) is 0 Å². The molecule has 7 heteroatoms. The Balaban J connectivity index is 2.07. The lowest BCUT2D eigenvalue weighted by atomic mass is 10.2. The number of benzene rings is 2. The molecule has 23 heavy (non-hydrogen) atoms. The summed E-state index contributed by atoms with van der Waals surface area (Å²) < 4.78 is 49.4. The Morgan fingerprint density at radius 2 is 1.70 bits per heavy atom. The van der Waals surface area contributed by atoms with Gasteiger partial charge >= 0.3 is 6.18 Å². The molecule has 0 atom stereocenters. The number of thiazole rings is 1. The molecule has 0 aliphatic heterocycles. The third kappa shape index (κ3) is 2.96. The van der Waals surface area contributed by atoms with Gasteiger partial charge in [0.15, 0.2) is 11.5 Å². The number of alkyl halides is 3. The predicted molar refractivity (Wildman–Crippen MR) is 83.2 cm³/mol. The van der Waals surface area contributed by atoms with E-state index in [9.17, 15) is 13.2 Å². The summed E-state index contributed by atoms with van der Waals surface area (Å²) in [6, 6.07) is 8.86. The second kappa shape index (κ2) is 5.73. The predicted octanol–water partition coefficient (Wildman–Crippen LogP) is 5.00. The molecule has 0 saturated carbocycles. The molecule has 1 aromatic heterocycles. The van der Waals surface area contributed by atoms with Crippen LogP contribution in [-0.4, -0.2) is 19.2 Å². The zero-order chi connectivity index (χ0) is 16.6. The van der Waals surface area contributed by atoms with Gasteiger partial charge in [-0.1, -0.05) is 0 Å². The van der Waals surface area contributed by atoms with Gasteiger partial charge in [-0.25, -0.2) is 4.98 Å². The third-order valence-corrected chi connectivity index (χ3v) is 4.43. The second-order valence-corrected chi connectivity index (χ2v) is 5.80. The van der Waals surface area contributed by atoms with E-state index >= 15 is 0 Å². The van der Waals surface area contributed by atoms with Crippen molar-refractivity contribution in [3.05, 3.63) is 42.0 Å². The summed E-state index contributed by atoms with van der Waals surface area (Å²) in [6.07, 6.45) is -4.37. The first-order valence-corrected chi connectivity index (χ1v) is 7.44. The van der Waals surface area contributed by atoms with E-state index in [1.807, 2.05) is 0 Å². The summed E-state index contributed by atoms with van der Waals surface area (Å²) in [5.41, 5.74) is 0.390. The molecule has 3 nitrogen and oxygen atoms in total. The van der Waals surface area contributed by atoms with Gasteiger partial charge < -0.3 is 9.47 Å². The lowest BCUT2D eigenvalue weighted by Crippen LogP contribution is -2.03. The van der Waals surface area contributed by atoms with Crippen molar-refractivity contribution in [3.8, 4) is 22.1 Å². The molecule has 0 spiro atoms. The van der Waals surface area contributed by atoms with E-state index in [4.69, 9.17) is 9.47 Å². The molecule has 2 aromatic carbocycles. The SMILES string of the molecule is COc1ccc(-c2nc3cc(C(F)(F)F)ccc3s2)cc1OC. The van der Waals surface area contributed by atoms with Gasteiger partial charge in [-0.05, 0) is 36.4 Å². The van der Waals surface area contributed by atoms with Crippen molar-refractivity contribution >= 4 is 21.6 Å². The summed E-state index contributed by atoms with van der Waals surface area (Å²) in [4.78, 5) is 4.31. The fraction of sp³-hybridized carbons (Fsp3) is 0.188. The van der Waals surface area contributed by atoms with Crippen LogP contribution in [0.15, 0.2) is 36.4 Å². The van der Waals surface area contributed by atoms with Crippen molar-refractivity contribution < 1.29 is 22.6 Å². The first-order valence-electron chi connectivity index (χ1n) is 6.62. The van der Waals surface area contributed by atoms with Crippen LogP contribution >= 0.6 is 11.3 Å². The summed E-state index contributed by atoms with van der Waals surface area (Å²) >= 11 is 1.33. The largest absolute Gasteiger partial charge is 0.493 e. The van der Waals surface area contributed by atoms with Gasteiger partial charge in [0.05, 0.1) is 30.0 Å². The van der Waals surface area contributed by atoms with Crippen LogP contribution in [-0.2, 0) is 6.18 Å². The van der Waals surface area contributed by atoms with E-state index in [1.54, 1.807) is 18.2 Å². The molecule has 120 valence electrons. The van der Waals surface area contributed by atoms with Crippen molar-refractivity contribution in [2.24, 2.45) is 0 Å². The highest BCUT2D eigenvalue weighted by Gasteiger charge is 2.30. The van der Waals surface area contributed by atoms with Gasteiger partial charge in [-0.3, -0.25) is 0 Å². The minimum Gasteiger partial charge on any atom is -0.493 e. The zero-order valence-corrected chi connectivity index (χ0v) is 13.1. The normalized spacial score (nSPS) is 11.7. The average Bonchev–Trinajstić information content (AvgIpc) is 2.96. The lowest BCUT2D eigenvalue weighted by Gasteiger charge is -2.08. The minimum atomic E-state index is -4.37. The number of halogens is 3. The van der Waals surface area contributed by atoms with Gasteiger partial charge in [-0.2, -0.15) is 13.2 Å². The quantitative estimate of drug-likeness (QED) is 0.673. The number of fused-ring (bicyclic) bond motifs is 1. The van der Waals surface area contributed by atoms with Crippen molar-refractivity contribution in [1.29, 1.82) is 0 Å². The van der Waals surface area contributed by atoms with Gasteiger partial charge in [0, 0.05) is 5.56 Å². The Morgan fingerprint density at radius 3 is 2.35 bits per heavy atom. The standard InChI is InChI=1S/C16H12F3NO2S/c1-21-12-5-3-9(7-13(12)22-2)15-20-11-8-10(16(17,18)19)4-6-14(11)23-15/h3-8H,1-2H3. The van der Waals surface area contributed by atoms with Crippen LogP contribution in [0.3, 0.4) is 0 Å². The minimum absolute atomic E-state index is 0.328. The summed E-state index contributed by atoms with van der Waals surface area (Å²) in [5.74, 6) is 1.12. The van der Waals surface area contributed by atoms with Crippen LogP contribution in [0.2, 0.25) is 0 Å². The molecule has 0 aliphatic carbocycles. The highest BCUT2D eigenvalue weighted by atomic mass is 32.1. The molecule has 0 fully saturated rings.